The molecule has 0 radical (unpaired) electrons. The van der Waals surface area contributed by atoms with Gasteiger partial charge in [-0.05, 0) is 57.6 Å². The van der Waals surface area contributed by atoms with Gasteiger partial charge in [0.25, 0.3) is 5.91 Å². The molecule has 1 saturated carbocycles. The lowest BCUT2D eigenvalue weighted by Crippen LogP contribution is -2.37. The normalized spacial score (nSPS) is 15.0. The summed E-state index contributed by atoms with van der Waals surface area (Å²) >= 11 is 0. The van der Waals surface area contributed by atoms with Crippen LogP contribution in [-0.4, -0.2) is 31.1 Å². The number of nitrogens with one attached hydrogen (secondary N) is 1. The van der Waals surface area contributed by atoms with Crippen LogP contribution in [0.15, 0.2) is 12.1 Å². The number of rotatable bonds is 7. The third kappa shape index (κ3) is 5.27. The molecule has 2 rings (SSSR count). The summed E-state index contributed by atoms with van der Waals surface area (Å²) in [5.74, 6) is 0.462. The summed E-state index contributed by atoms with van der Waals surface area (Å²) < 4.78 is 10.5. The Morgan fingerprint density at radius 2 is 1.78 bits per heavy atom. The van der Waals surface area contributed by atoms with Crippen molar-refractivity contribution in [2.75, 3.05) is 13.2 Å². The maximum Gasteiger partial charge on any atom is 0.344 e. The molecular weight excluding hydrogens is 294 g/mol. The second-order valence-corrected chi connectivity index (χ2v) is 6.37. The SMILES string of the molecule is Cc1cc(C)c(OCC(=O)OCC(=O)N[C@H](C)C2CC2)c(C)c1. The molecule has 1 N–H and O–H groups in total. The van der Waals surface area contributed by atoms with Crippen LogP contribution in [-0.2, 0) is 14.3 Å². The monoisotopic (exact) mass is 319 g/mol. The van der Waals surface area contributed by atoms with E-state index in [1.54, 1.807) is 0 Å². The summed E-state index contributed by atoms with van der Waals surface area (Å²) in [4.78, 5) is 23.4. The zero-order valence-corrected chi connectivity index (χ0v) is 14.3. The number of amides is 1. The Balaban J connectivity index is 1.73. The number of carbonyl (C=O) groups is 2. The standard InChI is InChI=1S/C18H25NO4/c1-11-7-12(2)18(13(3)8-11)23-10-17(21)22-9-16(20)19-14(4)15-5-6-15/h7-8,14-15H,5-6,9-10H2,1-4H3,(H,19,20)/t14-/m1/s1. The molecule has 0 bridgehead atoms. The smallest absolute Gasteiger partial charge is 0.344 e. The molecule has 5 heteroatoms. The van der Waals surface area contributed by atoms with Gasteiger partial charge < -0.3 is 14.8 Å². The predicted octanol–water partition coefficient (Wildman–Crippen LogP) is 2.45. The van der Waals surface area contributed by atoms with Gasteiger partial charge in [-0.15, -0.1) is 0 Å². The third-order valence-corrected chi connectivity index (χ3v) is 4.02. The van der Waals surface area contributed by atoms with E-state index in [0.29, 0.717) is 11.7 Å². The molecule has 0 aromatic heterocycles. The van der Waals surface area contributed by atoms with Crippen LogP contribution in [0.1, 0.15) is 36.5 Å². The Hall–Kier alpha value is -2.04. The summed E-state index contributed by atoms with van der Waals surface area (Å²) in [6, 6.07) is 4.15. The van der Waals surface area contributed by atoms with Crippen molar-refractivity contribution in [3.8, 4) is 5.75 Å². The van der Waals surface area contributed by atoms with Crippen molar-refractivity contribution < 1.29 is 19.1 Å². The highest BCUT2D eigenvalue weighted by atomic mass is 16.6. The van der Waals surface area contributed by atoms with Crippen LogP contribution in [0.5, 0.6) is 5.75 Å². The van der Waals surface area contributed by atoms with Gasteiger partial charge in [0.2, 0.25) is 0 Å². The number of esters is 1. The van der Waals surface area contributed by atoms with Crippen LogP contribution in [0.2, 0.25) is 0 Å². The molecule has 0 saturated heterocycles. The van der Waals surface area contributed by atoms with Gasteiger partial charge in [0.15, 0.2) is 13.2 Å². The molecule has 1 aromatic rings. The van der Waals surface area contributed by atoms with E-state index in [4.69, 9.17) is 9.47 Å². The fraction of sp³-hybridized carbons (Fsp3) is 0.556. The Bertz CT molecular complexity index is 570. The molecule has 23 heavy (non-hydrogen) atoms. The molecule has 0 spiro atoms. The van der Waals surface area contributed by atoms with Gasteiger partial charge in [0.05, 0.1) is 0 Å². The van der Waals surface area contributed by atoms with Crippen molar-refractivity contribution in [1.82, 2.24) is 5.32 Å². The lowest BCUT2D eigenvalue weighted by atomic mass is 10.1. The molecule has 1 fully saturated rings. The van der Waals surface area contributed by atoms with Crippen LogP contribution >= 0.6 is 0 Å². The second kappa shape index (κ2) is 7.49. The number of hydrogen-bond donors (Lipinski definition) is 1. The highest BCUT2D eigenvalue weighted by Crippen LogP contribution is 2.32. The number of ether oxygens (including phenoxy) is 2. The molecule has 1 aliphatic carbocycles. The van der Waals surface area contributed by atoms with Crippen molar-refractivity contribution in [3.05, 3.63) is 28.8 Å². The van der Waals surface area contributed by atoms with Crippen LogP contribution in [0.4, 0.5) is 0 Å². The largest absolute Gasteiger partial charge is 0.481 e. The van der Waals surface area contributed by atoms with E-state index < -0.39 is 5.97 Å². The van der Waals surface area contributed by atoms with Crippen LogP contribution in [0.3, 0.4) is 0 Å². The van der Waals surface area contributed by atoms with E-state index in [9.17, 15) is 9.59 Å². The van der Waals surface area contributed by atoms with E-state index in [-0.39, 0.29) is 25.2 Å². The first-order valence-electron chi connectivity index (χ1n) is 8.02. The number of benzene rings is 1. The zero-order chi connectivity index (χ0) is 17.0. The Morgan fingerprint density at radius 3 is 2.35 bits per heavy atom. The van der Waals surface area contributed by atoms with E-state index in [1.165, 1.54) is 0 Å². The highest BCUT2D eigenvalue weighted by Gasteiger charge is 2.28. The lowest BCUT2D eigenvalue weighted by Gasteiger charge is -2.14. The maximum atomic E-state index is 11.7. The van der Waals surface area contributed by atoms with Crippen molar-refractivity contribution in [3.63, 3.8) is 0 Å². The summed E-state index contributed by atoms with van der Waals surface area (Å²) in [7, 11) is 0. The van der Waals surface area contributed by atoms with Crippen LogP contribution < -0.4 is 10.1 Å². The zero-order valence-electron chi connectivity index (χ0n) is 14.3. The first kappa shape index (κ1) is 17.3. The molecule has 0 unspecified atom stereocenters. The van der Waals surface area contributed by atoms with Gasteiger partial charge in [-0.25, -0.2) is 4.79 Å². The molecule has 1 amide bonds. The molecule has 1 aromatic carbocycles. The van der Waals surface area contributed by atoms with E-state index in [1.807, 2.05) is 39.8 Å². The summed E-state index contributed by atoms with van der Waals surface area (Å²) in [5, 5.41) is 2.84. The van der Waals surface area contributed by atoms with Gasteiger partial charge >= 0.3 is 5.97 Å². The van der Waals surface area contributed by atoms with E-state index >= 15 is 0 Å². The minimum Gasteiger partial charge on any atom is -0.481 e. The average Bonchev–Trinajstić information content (AvgIpc) is 3.28. The number of aryl methyl sites for hydroxylation is 3. The fourth-order valence-corrected chi connectivity index (χ4v) is 2.72. The van der Waals surface area contributed by atoms with Crippen LogP contribution in [0, 0.1) is 26.7 Å². The van der Waals surface area contributed by atoms with Gasteiger partial charge in [-0.1, -0.05) is 17.7 Å². The Labute approximate surface area is 137 Å². The van der Waals surface area contributed by atoms with Crippen LogP contribution in [0.25, 0.3) is 0 Å². The molecule has 126 valence electrons. The maximum absolute atomic E-state index is 11.7. The summed E-state index contributed by atoms with van der Waals surface area (Å²) in [6.45, 7) is 7.41. The third-order valence-electron chi connectivity index (χ3n) is 4.02. The second-order valence-electron chi connectivity index (χ2n) is 6.37. The molecule has 1 aliphatic rings. The van der Waals surface area contributed by atoms with Crippen molar-refractivity contribution in [1.29, 1.82) is 0 Å². The summed E-state index contributed by atoms with van der Waals surface area (Å²) in [5.41, 5.74) is 3.11. The Morgan fingerprint density at radius 1 is 1.17 bits per heavy atom. The summed E-state index contributed by atoms with van der Waals surface area (Å²) in [6.07, 6.45) is 2.31. The van der Waals surface area contributed by atoms with Crippen molar-refractivity contribution in [2.24, 2.45) is 5.92 Å². The van der Waals surface area contributed by atoms with Gasteiger partial charge in [0, 0.05) is 6.04 Å². The van der Waals surface area contributed by atoms with Gasteiger partial charge in [-0.3, -0.25) is 4.79 Å². The van der Waals surface area contributed by atoms with Gasteiger partial charge in [0.1, 0.15) is 5.75 Å². The van der Waals surface area contributed by atoms with E-state index in [0.717, 1.165) is 29.5 Å². The lowest BCUT2D eigenvalue weighted by molar-refractivity contribution is -0.150. The molecule has 1 atom stereocenters. The molecule has 5 nitrogen and oxygen atoms in total. The topological polar surface area (TPSA) is 64.6 Å². The van der Waals surface area contributed by atoms with E-state index in [2.05, 4.69) is 5.32 Å². The number of carbonyl (C=O) groups excluding carboxylic acids is 2. The fourth-order valence-electron chi connectivity index (χ4n) is 2.72. The highest BCUT2D eigenvalue weighted by molar-refractivity contribution is 5.81. The quantitative estimate of drug-likeness (QED) is 0.784. The average molecular weight is 319 g/mol. The van der Waals surface area contributed by atoms with Crippen molar-refractivity contribution >= 4 is 11.9 Å². The Kier molecular flexibility index (Phi) is 5.64. The molecule has 0 heterocycles. The van der Waals surface area contributed by atoms with Gasteiger partial charge in [-0.2, -0.15) is 0 Å². The predicted molar refractivity (Wildman–Crippen MR) is 87.4 cm³/mol. The first-order chi connectivity index (χ1) is 10.9. The van der Waals surface area contributed by atoms with Crippen molar-refractivity contribution in [2.45, 2.75) is 46.6 Å². The first-order valence-corrected chi connectivity index (χ1v) is 8.02. The minimum absolute atomic E-state index is 0.148. The minimum atomic E-state index is -0.543. The molecule has 0 aliphatic heterocycles. The number of hydrogen-bond acceptors (Lipinski definition) is 4. The molecular formula is C18H25NO4.